The zero-order valence-electron chi connectivity index (χ0n) is 13.7. The fraction of sp³-hybridized carbons (Fsp3) is 0.235. The number of para-hydroxylation sites is 1. The van der Waals surface area contributed by atoms with Crippen molar-refractivity contribution < 1.29 is 24.4 Å². The third kappa shape index (κ3) is 2.81. The number of nitrogens with one attached hydrogen (secondary N) is 1. The molecular weight excluding hydrogens is 337 g/mol. The normalized spacial score (nSPS) is 19.8. The number of nitrogens with zero attached hydrogens (tertiary/aromatic N) is 1. The highest BCUT2D eigenvalue weighted by molar-refractivity contribution is 6.47. The van der Waals surface area contributed by atoms with Crippen LogP contribution >= 0.6 is 0 Å². The van der Waals surface area contributed by atoms with Crippen molar-refractivity contribution in [3.05, 3.63) is 58.4 Å². The van der Waals surface area contributed by atoms with Crippen molar-refractivity contribution in [2.75, 3.05) is 0 Å². The van der Waals surface area contributed by atoms with Gasteiger partial charge in [-0.2, -0.15) is 0 Å². The van der Waals surface area contributed by atoms with E-state index >= 15 is 0 Å². The minimum absolute atomic E-state index is 0.0151. The summed E-state index contributed by atoms with van der Waals surface area (Å²) >= 11 is 0. The molecule has 8 nitrogen and oxygen atoms in total. The molecule has 2 atom stereocenters. The smallest absolute Gasteiger partial charge is 0.534 e. The SMILES string of the molecule is NC1c2cncc(CC(=O)NC3Cc4cccc(C(=O)O)c4OB3O)c21. The summed E-state index contributed by atoms with van der Waals surface area (Å²) in [6.45, 7) is 0. The highest BCUT2D eigenvalue weighted by Gasteiger charge is 2.38. The van der Waals surface area contributed by atoms with Crippen LogP contribution in [0.1, 0.15) is 38.7 Å². The number of rotatable bonds is 4. The van der Waals surface area contributed by atoms with E-state index in [1.165, 1.54) is 6.07 Å². The second kappa shape index (κ2) is 6.12. The molecule has 0 saturated carbocycles. The summed E-state index contributed by atoms with van der Waals surface area (Å²) in [5.41, 5.74) is 9.17. The quantitative estimate of drug-likeness (QED) is 0.560. The van der Waals surface area contributed by atoms with Crippen LogP contribution in [0.3, 0.4) is 0 Å². The Hall–Kier alpha value is -2.91. The van der Waals surface area contributed by atoms with Gasteiger partial charge in [0.25, 0.3) is 0 Å². The summed E-state index contributed by atoms with van der Waals surface area (Å²) in [5.74, 6) is -1.95. The Morgan fingerprint density at radius 2 is 2.19 bits per heavy atom. The molecule has 1 aliphatic heterocycles. The molecule has 1 aliphatic carbocycles. The predicted molar refractivity (Wildman–Crippen MR) is 91.6 cm³/mol. The second-order valence-corrected chi connectivity index (χ2v) is 6.44. The molecule has 2 heterocycles. The van der Waals surface area contributed by atoms with Gasteiger partial charge in [0.1, 0.15) is 5.75 Å². The predicted octanol–water partition coefficient (Wildman–Crippen LogP) is -0.177. The Kier molecular flexibility index (Phi) is 3.89. The van der Waals surface area contributed by atoms with Gasteiger partial charge in [-0.1, -0.05) is 12.1 Å². The molecule has 0 radical (unpaired) electrons. The van der Waals surface area contributed by atoms with Gasteiger partial charge >= 0.3 is 13.1 Å². The average Bonchev–Trinajstić information content (AvgIpc) is 3.26. The van der Waals surface area contributed by atoms with Gasteiger partial charge in [-0.3, -0.25) is 9.78 Å². The molecule has 4 rings (SSSR count). The maximum atomic E-state index is 12.4. The molecule has 5 N–H and O–H groups in total. The van der Waals surface area contributed by atoms with E-state index in [0.717, 1.165) is 16.7 Å². The number of benzene rings is 1. The molecule has 2 aliphatic rings. The first-order valence-electron chi connectivity index (χ1n) is 8.17. The molecule has 1 aromatic carbocycles. The van der Waals surface area contributed by atoms with Crippen LogP contribution in [-0.4, -0.2) is 40.1 Å². The van der Waals surface area contributed by atoms with Gasteiger partial charge in [-0.15, -0.1) is 0 Å². The lowest BCUT2D eigenvalue weighted by molar-refractivity contribution is -0.120. The maximum absolute atomic E-state index is 12.4. The van der Waals surface area contributed by atoms with Crippen molar-refractivity contribution in [2.24, 2.45) is 5.73 Å². The van der Waals surface area contributed by atoms with Crippen LogP contribution < -0.4 is 15.7 Å². The molecule has 2 aromatic rings. The minimum atomic E-state index is -1.33. The lowest BCUT2D eigenvalue weighted by Gasteiger charge is -2.28. The van der Waals surface area contributed by atoms with Crippen LogP contribution in [0, 0.1) is 0 Å². The standard InChI is InChI=1S/C17H16BN3O5/c19-15-11-7-20-6-9(14(11)15)5-13(22)21-12-4-8-2-1-3-10(17(23)24)16(8)26-18(12)25/h1-3,6-7,12,15,25H,4-5,19H2,(H,21,22)(H,23,24). The van der Waals surface area contributed by atoms with Gasteiger partial charge < -0.3 is 25.8 Å². The molecule has 132 valence electrons. The third-order valence-electron chi connectivity index (χ3n) is 4.71. The van der Waals surface area contributed by atoms with E-state index in [2.05, 4.69) is 10.3 Å². The Morgan fingerprint density at radius 3 is 2.96 bits per heavy atom. The first kappa shape index (κ1) is 16.6. The molecule has 1 aromatic heterocycles. The molecule has 0 spiro atoms. The van der Waals surface area contributed by atoms with Gasteiger partial charge in [0.15, 0.2) is 0 Å². The second-order valence-electron chi connectivity index (χ2n) is 6.44. The van der Waals surface area contributed by atoms with Crippen LogP contribution in [0.25, 0.3) is 0 Å². The van der Waals surface area contributed by atoms with Crippen LogP contribution in [0.15, 0.2) is 30.6 Å². The number of amides is 1. The van der Waals surface area contributed by atoms with Crippen molar-refractivity contribution in [2.45, 2.75) is 24.8 Å². The largest absolute Gasteiger partial charge is 0.547 e. The summed E-state index contributed by atoms with van der Waals surface area (Å²) in [4.78, 5) is 27.7. The van der Waals surface area contributed by atoms with E-state index < -0.39 is 19.0 Å². The minimum Gasteiger partial charge on any atom is -0.534 e. The Labute approximate surface area is 149 Å². The van der Waals surface area contributed by atoms with Gasteiger partial charge in [-0.05, 0) is 34.7 Å². The fourth-order valence-electron chi connectivity index (χ4n) is 3.36. The number of aromatic nitrogens is 1. The van der Waals surface area contributed by atoms with Crippen LogP contribution in [0.2, 0.25) is 0 Å². The van der Waals surface area contributed by atoms with Crippen LogP contribution in [-0.2, 0) is 17.6 Å². The van der Waals surface area contributed by atoms with E-state index in [0.29, 0.717) is 5.56 Å². The lowest BCUT2D eigenvalue weighted by Crippen LogP contribution is -2.53. The van der Waals surface area contributed by atoms with Crippen LogP contribution in [0.4, 0.5) is 0 Å². The zero-order chi connectivity index (χ0) is 18.4. The zero-order valence-corrected chi connectivity index (χ0v) is 13.7. The number of carboxylic acid groups (broad SMARTS) is 1. The first-order chi connectivity index (χ1) is 12.5. The Balaban J connectivity index is 1.47. The average molecular weight is 353 g/mol. The van der Waals surface area contributed by atoms with Crippen molar-refractivity contribution in [3.63, 3.8) is 0 Å². The number of pyridine rings is 1. The molecule has 26 heavy (non-hydrogen) atoms. The number of nitrogens with two attached hydrogens (primary N) is 1. The number of fused-ring (bicyclic) bond motifs is 2. The third-order valence-corrected chi connectivity index (χ3v) is 4.71. The highest BCUT2D eigenvalue weighted by Crippen LogP contribution is 2.40. The molecule has 0 bridgehead atoms. The van der Waals surface area contributed by atoms with Crippen molar-refractivity contribution in [1.29, 1.82) is 0 Å². The monoisotopic (exact) mass is 353 g/mol. The molecule has 0 fully saturated rings. The molecule has 0 saturated heterocycles. The molecular formula is C17H16BN3O5. The van der Waals surface area contributed by atoms with Crippen molar-refractivity contribution in [1.82, 2.24) is 10.3 Å². The summed E-state index contributed by atoms with van der Waals surface area (Å²) in [5, 5.41) is 22.1. The van der Waals surface area contributed by atoms with E-state index in [4.69, 9.17) is 10.4 Å². The van der Waals surface area contributed by atoms with Crippen molar-refractivity contribution in [3.8, 4) is 5.75 Å². The number of carbonyl (C=O) groups excluding carboxylic acids is 1. The number of hydrogen-bond donors (Lipinski definition) is 4. The molecule has 2 unspecified atom stereocenters. The number of carboxylic acids is 1. The number of hydrogen-bond acceptors (Lipinski definition) is 6. The van der Waals surface area contributed by atoms with Crippen molar-refractivity contribution >= 4 is 19.0 Å². The topological polar surface area (TPSA) is 135 Å². The highest BCUT2D eigenvalue weighted by atomic mass is 16.5. The lowest BCUT2D eigenvalue weighted by atomic mass is 9.72. The first-order valence-corrected chi connectivity index (χ1v) is 8.17. The maximum Gasteiger partial charge on any atom is 0.547 e. The summed E-state index contributed by atoms with van der Waals surface area (Å²) in [6, 6.07) is 4.58. The summed E-state index contributed by atoms with van der Waals surface area (Å²) in [7, 11) is -1.33. The summed E-state index contributed by atoms with van der Waals surface area (Å²) < 4.78 is 5.37. The Bertz CT molecular complexity index is 919. The molecule has 9 heteroatoms. The summed E-state index contributed by atoms with van der Waals surface area (Å²) in [6.07, 6.45) is 3.69. The molecule has 1 amide bonds. The van der Waals surface area contributed by atoms with Gasteiger partial charge in [0.2, 0.25) is 5.91 Å². The van der Waals surface area contributed by atoms with Gasteiger partial charge in [0, 0.05) is 12.4 Å². The van der Waals surface area contributed by atoms with Gasteiger partial charge in [0.05, 0.1) is 24.0 Å². The van der Waals surface area contributed by atoms with E-state index in [9.17, 15) is 19.7 Å². The number of carbonyl (C=O) groups is 2. The number of aromatic carboxylic acids is 1. The van der Waals surface area contributed by atoms with E-state index in [-0.39, 0.29) is 36.1 Å². The van der Waals surface area contributed by atoms with Crippen LogP contribution in [0.5, 0.6) is 5.75 Å². The Morgan fingerprint density at radius 1 is 1.38 bits per heavy atom. The van der Waals surface area contributed by atoms with Gasteiger partial charge in [-0.25, -0.2) is 4.79 Å². The van der Waals surface area contributed by atoms with E-state index in [1.807, 2.05) is 0 Å². The fourth-order valence-corrected chi connectivity index (χ4v) is 3.36. The van der Waals surface area contributed by atoms with E-state index in [1.54, 1.807) is 24.5 Å².